The van der Waals surface area contributed by atoms with Crippen LogP contribution in [0.2, 0.25) is 0 Å². The summed E-state index contributed by atoms with van der Waals surface area (Å²) in [7, 11) is 0. The number of aliphatic hydroxyl groups is 2. The van der Waals surface area contributed by atoms with Gasteiger partial charge in [-0.05, 0) is 6.07 Å². The van der Waals surface area contributed by atoms with Gasteiger partial charge in [0.15, 0.2) is 0 Å². The number of nitrogens with zero attached hydrogens (tertiary/aromatic N) is 3. The molecule has 9 nitrogen and oxygen atoms in total. The van der Waals surface area contributed by atoms with Crippen LogP contribution in [0.4, 0.5) is 11.4 Å². The summed E-state index contributed by atoms with van der Waals surface area (Å²) >= 11 is 0. The Hall–Kier alpha value is -2.10. The van der Waals surface area contributed by atoms with Crippen LogP contribution in [0.5, 0.6) is 0 Å². The molecule has 0 saturated heterocycles. The highest BCUT2D eigenvalue weighted by atomic mass is 16.6. The highest BCUT2D eigenvalue weighted by Gasteiger charge is 2.20. The molecule has 0 aliphatic heterocycles. The first-order valence-corrected chi connectivity index (χ1v) is 5.85. The molecule has 0 bridgehead atoms. The first-order chi connectivity index (χ1) is 9.49. The lowest BCUT2D eigenvalue weighted by Gasteiger charge is -2.19. The first-order valence-electron chi connectivity index (χ1n) is 5.85. The molecule has 0 aliphatic carbocycles. The van der Waals surface area contributed by atoms with E-state index in [1.165, 1.54) is 12.1 Å². The van der Waals surface area contributed by atoms with Gasteiger partial charge in [0.05, 0.1) is 29.1 Å². The third kappa shape index (κ3) is 4.23. The summed E-state index contributed by atoms with van der Waals surface area (Å²) in [6.45, 7) is 0.306. The zero-order valence-electron chi connectivity index (χ0n) is 10.6. The van der Waals surface area contributed by atoms with Crippen molar-refractivity contribution in [3.8, 4) is 0 Å². The maximum Gasteiger partial charge on any atom is 0.280 e. The van der Waals surface area contributed by atoms with Crippen LogP contribution in [0, 0.1) is 20.2 Å². The molecule has 0 atom stereocenters. The van der Waals surface area contributed by atoms with Crippen LogP contribution in [-0.2, 0) is 6.54 Å². The first kappa shape index (κ1) is 16.0. The number of rotatable bonds is 8. The Balaban J connectivity index is 3.03. The molecule has 0 amide bonds. The van der Waals surface area contributed by atoms with Gasteiger partial charge >= 0.3 is 0 Å². The summed E-state index contributed by atoms with van der Waals surface area (Å²) in [6, 6.07) is 3.42. The molecule has 1 rings (SSSR count). The van der Waals surface area contributed by atoms with E-state index in [2.05, 4.69) is 0 Å². The maximum atomic E-state index is 11.0. The topological polar surface area (TPSA) is 130 Å². The van der Waals surface area contributed by atoms with Crippen molar-refractivity contribution in [3.63, 3.8) is 0 Å². The Morgan fingerprint density at radius 2 is 1.65 bits per heavy atom. The van der Waals surface area contributed by atoms with Crippen molar-refractivity contribution in [1.82, 2.24) is 4.90 Å². The van der Waals surface area contributed by atoms with E-state index in [4.69, 9.17) is 10.2 Å². The fraction of sp³-hybridized carbons (Fsp3) is 0.455. The van der Waals surface area contributed by atoms with Gasteiger partial charge in [-0.25, -0.2) is 0 Å². The van der Waals surface area contributed by atoms with Crippen LogP contribution in [0.15, 0.2) is 18.2 Å². The quantitative estimate of drug-likeness (QED) is 0.518. The number of aliphatic hydroxyl groups excluding tert-OH is 2. The predicted molar refractivity (Wildman–Crippen MR) is 69.2 cm³/mol. The SMILES string of the molecule is O=[N+]([O-])c1ccc(CN(CCO)CCO)c([N+](=O)[O-])c1. The number of nitro benzene ring substituents is 2. The Kier molecular flexibility index (Phi) is 5.97. The van der Waals surface area contributed by atoms with E-state index in [0.717, 1.165) is 6.07 Å². The van der Waals surface area contributed by atoms with Crippen LogP contribution in [0.3, 0.4) is 0 Å². The molecule has 9 heteroatoms. The van der Waals surface area contributed by atoms with E-state index < -0.39 is 9.85 Å². The van der Waals surface area contributed by atoms with Crippen LogP contribution in [0.25, 0.3) is 0 Å². The normalized spacial score (nSPS) is 10.8. The largest absolute Gasteiger partial charge is 0.395 e. The van der Waals surface area contributed by atoms with Crippen molar-refractivity contribution in [2.75, 3.05) is 26.3 Å². The second-order valence-electron chi connectivity index (χ2n) is 4.05. The number of benzene rings is 1. The lowest BCUT2D eigenvalue weighted by atomic mass is 10.1. The average molecular weight is 285 g/mol. The van der Waals surface area contributed by atoms with Crippen LogP contribution < -0.4 is 0 Å². The van der Waals surface area contributed by atoms with Gasteiger partial charge in [-0.2, -0.15) is 0 Å². The monoisotopic (exact) mass is 285 g/mol. The van der Waals surface area contributed by atoms with Crippen molar-refractivity contribution in [3.05, 3.63) is 44.0 Å². The van der Waals surface area contributed by atoms with Crippen LogP contribution >= 0.6 is 0 Å². The van der Waals surface area contributed by atoms with E-state index in [1.807, 2.05) is 0 Å². The number of non-ortho nitro benzene ring substituents is 1. The highest BCUT2D eigenvalue weighted by molar-refractivity contribution is 5.49. The van der Waals surface area contributed by atoms with Crippen molar-refractivity contribution < 1.29 is 20.1 Å². The fourth-order valence-electron chi connectivity index (χ4n) is 1.76. The van der Waals surface area contributed by atoms with E-state index in [9.17, 15) is 20.2 Å². The lowest BCUT2D eigenvalue weighted by molar-refractivity contribution is -0.394. The van der Waals surface area contributed by atoms with Crippen molar-refractivity contribution in [2.45, 2.75) is 6.54 Å². The lowest BCUT2D eigenvalue weighted by Crippen LogP contribution is -2.29. The van der Waals surface area contributed by atoms with E-state index >= 15 is 0 Å². The highest BCUT2D eigenvalue weighted by Crippen LogP contribution is 2.25. The second kappa shape index (κ2) is 7.48. The molecule has 1 aromatic rings. The van der Waals surface area contributed by atoms with Crippen molar-refractivity contribution >= 4 is 11.4 Å². The molecule has 1 aromatic carbocycles. The van der Waals surface area contributed by atoms with Gasteiger partial charge in [-0.15, -0.1) is 0 Å². The van der Waals surface area contributed by atoms with Crippen molar-refractivity contribution in [1.29, 1.82) is 0 Å². The van der Waals surface area contributed by atoms with E-state index in [1.54, 1.807) is 4.90 Å². The van der Waals surface area contributed by atoms with E-state index in [-0.39, 0.29) is 44.2 Å². The van der Waals surface area contributed by atoms with Gasteiger partial charge in [0.1, 0.15) is 0 Å². The molecule has 0 spiro atoms. The molecule has 2 N–H and O–H groups in total. The standard InChI is InChI=1S/C11H15N3O6/c15-5-3-12(4-6-16)8-9-1-2-10(13(17)18)7-11(9)14(19)20/h1-2,7,15-16H,3-6,8H2. The van der Waals surface area contributed by atoms with Gasteiger partial charge in [0.25, 0.3) is 11.4 Å². The minimum absolute atomic E-state index is 0.120. The Morgan fingerprint density at radius 1 is 1.05 bits per heavy atom. The zero-order chi connectivity index (χ0) is 15.1. The van der Waals surface area contributed by atoms with Crippen LogP contribution in [0.1, 0.15) is 5.56 Å². The molecule has 0 aliphatic rings. The summed E-state index contributed by atoms with van der Waals surface area (Å²) in [4.78, 5) is 21.8. The Labute approximate surface area is 114 Å². The summed E-state index contributed by atoms with van der Waals surface area (Å²) in [6.07, 6.45) is 0. The maximum absolute atomic E-state index is 11.0. The van der Waals surface area contributed by atoms with Gasteiger partial charge in [0.2, 0.25) is 0 Å². The minimum atomic E-state index is -0.698. The van der Waals surface area contributed by atoms with Gasteiger partial charge < -0.3 is 10.2 Å². The van der Waals surface area contributed by atoms with E-state index in [0.29, 0.717) is 5.56 Å². The Bertz CT molecular complexity index is 487. The van der Waals surface area contributed by atoms with Gasteiger partial charge in [-0.1, -0.05) is 0 Å². The van der Waals surface area contributed by atoms with Crippen LogP contribution in [-0.4, -0.2) is 51.3 Å². The molecule has 0 aromatic heterocycles. The molecule has 0 saturated carbocycles. The third-order valence-electron chi connectivity index (χ3n) is 2.70. The second-order valence-corrected chi connectivity index (χ2v) is 4.05. The molecular formula is C11H15N3O6. The minimum Gasteiger partial charge on any atom is -0.395 e. The van der Waals surface area contributed by atoms with Crippen molar-refractivity contribution in [2.24, 2.45) is 0 Å². The molecule has 0 heterocycles. The van der Waals surface area contributed by atoms with Gasteiger partial charge in [-0.3, -0.25) is 25.1 Å². The summed E-state index contributed by atoms with van der Waals surface area (Å²) in [5, 5.41) is 39.4. The molecule has 0 unspecified atom stereocenters. The number of nitro groups is 2. The van der Waals surface area contributed by atoms with Gasteiger partial charge in [0, 0.05) is 31.3 Å². The summed E-state index contributed by atoms with van der Waals surface area (Å²) < 4.78 is 0. The smallest absolute Gasteiger partial charge is 0.280 e. The number of hydrogen-bond donors (Lipinski definition) is 2. The number of hydrogen-bond acceptors (Lipinski definition) is 7. The zero-order valence-corrected chi connectivity index (χ0v) is 10.6. The third-order valence-corrected chi connectivity index (χ3v) is 2.70. The average Bonchev–Trinajstić information content (AvgIpc) is 2.39. The summed E-state index contributed by atoms with van der Waals surface area (Å²) in [5.41, 5.74) is -0.404. The molecule has 0 radical (unpaired) electrons. The molecular weight excluding hydrogens is 270 g/mol. The Morgan fingerprint density at radius 3 is 2.10 bits per heavy atom. The summed E-state index contributed by atoms with van der Waals surface area (Å²) in [5.74, 6) is 0. The fourth-order valence-corrected chi connectivity index (χ4v) is 1.76. The molecule has 0 fully saturated rings. The predicted octanol–water partition coefficient (Wildman–Crippen LogP) is 0.290. The molecule has 20 heavy (non-hydrogen) atoms. The molecule has 110 valence electrons.